The number of anilines is 1. The Bertz CT molecular complexity index is 325. The Morgan fingerprint density at radius 1 is 1.44 bits per heavy atom. The summed E-state index contributed by atoms with van der Waals surface area (Å²) in [5, 5.41) is 10.4. The first kappa shape index (κ1) is 13.5. The van der Waals surface area contributed by atoms with E-state index >= 15 is 0 Å². The number of aliphatic hydroxyl groups excluding tert-OH is 1. The highest BCUT2D eigenvalue weighted by Gasteiger charge is 2.16. The van der Waals surface area contributed by atoms with Crippen LogP contribution in [0, 0.1) is 0 Å². The van der Waals surface area contributed by atoms with Crippen LogP contribution >= 0.6 is 11.3 Å². The van der Waals surface area contributed by atoms with Gasteiger partial charge in [-0.1, -0.05) is 32.1 Å². The number of rotatable bonds is 6. The Labute approximate surface area is 102 Å². The van der Waals surface area contributed by atoms with Crippen LogP contribution in [0.1, 0.15) is 50.1 Å². The van der Waals surface area contributed by atoms with Crippen molar-refractivity contribution in [1.82, 2.24) is 4.98 Å². The fraction of sp³-hybridized carbons (Fsp3) is 0.750. The predicted octanol–water partition coefficient (Wildman–Crippen LogP) is 3.00. The zero-order valence-electron chi connectivity index (χ0n) is 10.7. The molecule has 1 heterocycles. The van der Waals surface area contributed by atoms with Crippen LogP contribution in [0.15, 0.2) is 0 Å². The molecule has 1 aromatic heterocycles. The molecule has 4 heteroatoms. The van der Waals surface area contributed by atoms with Crippen LogP contribution in [-0.2, 0) is 6.61 Å². The molecule has 0 saturated carbocycles. The molecule has 0 saturated heterocycles. The molecule has 0 aromatic carbocycles. The third kappa shape index (κ3) is 2.95. The number of thiazole rings is 1. The van der Waals surface area contributed by atoms with Crippen molar-refractivity contribution in [2.75, 3.05) is 18.5 Å². The van der Waals surface area contributed by atoms with Gasteiger partial charge in [0.05, 0.1) is 17.2 Å². The maximum Gasteiger partial charge on any atom is 0.185 e. The van der Waals surface area contributed by atoms with E-state index in [1.807, 2.05) is 0 Å². The van der Waals surface area contributed by atoms with Crippen molar-refractivity contribution in [3.63, 3.8) is 0 Å². The topological polar surface area (TPSA) is 36.4 Å². The quantitative estimate of drug-likeness (QED) is 0.833. The van der Waals surface area contributed by atoms with Crippen LogP contribution in [0.3, 0.4) is 0 Å². The third-order valence-electron chi connectivity index (χ3n) is 2.82. The second-order valence-corrected chi connectivity index (χ2v) is 5.26. The molecule has 0 radical (unpaired) electrons. The lowest BCUT2D eigenvalue weighted by Crippen LogP contribution is -2.17. The Hall–Kier alpha value is -0.610. The van der Waals surface area contributed by atoms with E-state index in [1.165, 1.54) is 0 Å². The van der Waals surface area contributed by atoms with Gasteiger partial charge < -0.3 is 10.0 Å². The van der Waals surface area contributed by atoms with E-state index in [9.17, 15) is 5.11 Å². The van der Waals surface area contributed by atoms with Gasteiger partial charge in [-0.05, 0) is 18.8 Å². The summed E-state index contributed by atoms with van der Waals surface area (Å²) < 4.78 is 0. The summed E-state index contributed by atoms with van der Waals surface area (Å²) in [5.41, 5.74) is 1.08. The average Bonchev–Trinajstić information content (AvgIpc) is 2.72. The molecule has 0 bridgehead atoms. The number of aliphatic hydroxyl groups is 1. The molecule has 0 aliphatic carbocycles. The van der Waals surface area contributed by atoms with Gasteiger partial charge >= 0.3 is 0 Å². The minimum absolute atomic E-state index is 0.108. The molecule has 3 nitrogen and oxygen atoms in total. The molecule has 0 spiro atoms. The molecule has 1 unspecified atom stereocenters. The molecule has 0 amide bonds. The Balaban J connectivity index is 2.93. The molecule has 1 atom stereocenters. The van der Waals surface area contributed by atoms with Crippen LogP contribution in [0.2, 0.25) is 0 Å². The fourth-order valence-electron chi connectivity index (χ4n) is 1.64. The molecule has 0 fully saturated rings. The van der Waals surface area contributed by atoms with Crippen LogP contribution in [0.25, 0.3) is 0 Å². The highest BCUT2D eigenvalue weighted by atomic mass is 32.1. The first-order chi connectivity index (χ1) is 7.63. The second kappa shape index (κ2) is 6.21. The molecule has 1 N–H and O–H groups in total. The standard InChI is InChI=1S/C12H22N2OS/c1-5-7-14(4)12-13-11(9(3)6-2)10(8-15)16-12/h9,15H,5-8H2,1-4H3. The summed E-state index contributed by atoms with van der Waals surface area (Å²) >= 11 is 1.62. The summed E-state index contributed by atoms with van der Waals surface area (Å²) in [6.07, 6.45) is 2.18. The van der Waals surface area contributed by atoms with Gasteiger partial charge in [0.2, 0.25) is 0 Å². The van der Waals surface area contributed by atoms with E-state index in [2.05, 4.69) is 37.7 Å². The van der Waals surface area contributed by atoms with Crippen molar-refractivity contribution in [1.29, 1.82) is 0 Å². The van der Waals surface area contributed by atoms with Gasteiger partial charge in [0.15, 0.2) is 5.13 Å². The van der Waals surface area contributed by atoms with Crippen LogP contribution < -0.4 is 4.90 Å². The Morgan fingerprint density at radius 2 is 2.12 bits per heavy atom. The van der Waals surface area contributed by atoms with Gasteiger partial charge in [-0.3, -0.25) is 0 Å². The van der Waals surface area contributed by atoms with E-state index in [1.54, 1.807) is 11.3 Å². The zero-order valence-corrected chi connectivity index (χ0v) is 11.5. The summed E-state index contributed by atoms with van der Waals surface area (Å²) in [4.78, 5) is 7.84. The maximum atomic E-state index is 9.34. The zero-order chi connectivity index (χ0) is 12.1. The summed E-state index contributed by atoms with van der Waals surface area (Å²) in [6, 6.07) is 0. The summed E-state index contributed by atoms with van der Waals surface area (Å²) in [7, 11) is 2.06. The van der Waals surface area contributed by atoms with Crippen molar-refractivity contribution >= 4 is 16.5 Å². The molecule has 1 rings (SSSR count). The molecule has 1 aromatic rings. The summed E-state index contributed by atoms with van der Waals surface area (Å²) in [5.74, 6) is 0.433. The van der Waals surface area contributed by atoms with Crippen molar-refractivity contribution in [2.24, 2.45) is 0 Å². The highest BCUT2D eigenvalue weighted by Crippen LogP contribution is 2.31. The number of hydrogen-bond donors (Lipinski definition) is 1. The van der Waals surface area contributed by atoms with Gasteiger partial charge in [0, 0.05) is 13.6 Å². The van der Waals surface area contributed by atoms with Gasteiger partial charge in [0.25, 0.3) is 0 Å². The van der Waals surface area contributed by atoms with Crippen LogP contribution in [0.5, 0.6) is 0 Å². The monoisotopic (exact) mass is 242 g/mol. The first-order valence-electron chi connectivity index (χ1n) is 5.95. The van der Waals surface area contributed by atoms with E-state index in [0.717, 1.165) is 35.1 Å². The first-order valence-corrected chi connectivity index (χ1v) is 6.77. The molecular weight excluding hydrogens is 220 g/mol. The molecule has 16 heavy (non-hydrogen) atoms. The minimum atomic E-state index is 0.108. The van der Waals surface area contributed by atoms with E-state index in [-0.39, 0.29) is 6.61 Å². The molecule has 0 aliphatic heterocycles. The van der Waals surface area contributed by atoms with Crippen molar-refractivity contribution in [2.45, 2.75) is 46.1 Å². The predicted molar refractivity (Wildman–Crippen MR) is 70.3 cm³/mol. The average molecular weight is 242 g/mol. The normalized spacial score (nSPS) is 12.8. The van der Waals surface area contributed by atoms with Gasteiger partial charge in [-0.15, -0.1) is 0 Å². The second-order valence-electron chi connectivity index (χ2n) is 4.19. The Morgan fingerprint density at radius 3 is 2.62 bits per heavy atom. The largest absolute Gasteiger partial charge is 0.391 e. The minimum Gasteiger partial charge on any atom is -0.391 e. The van der Waals surface area contributed by atoms with Crippen LogP contribution in [0.4, 0.5) is 5.13 Å². The van der Waals surface area contributed by atoms with E-state index in [0.29, 0.717) is 5.92 Å². The smallest absolute Gasteiger partial charge is 0.185 e. The molecule has 0 aliphatic rings. The molecule has 92 valence electrons. The lowest BCUT2D eigenvalue weighted by molar-refractivity contribution is 0.283. The van der Waals surface area contributed by atoms with E-state index in [4.69, 9.17) is 0 Å². The maximum absolute atomic E-state index is 9.34. The lowest BCUT2D eigenvalue weighted by Gasteiger charge is -2.13. The van der Waals surface area contributed by atoms with Gasteiger partial charge in [-0.2, -0.15) is 0 Å². The van der Waals surface area contributed by atoms with Gasteiger partial charge in [-0.25, -0.2) is 4.98 Å². The van der Waals surface area contributed by atoms with Crippen molar-refractivity contribution in [3.8, 4) is 0 Å². The fourth-order valence-corrected chi connectivity index (χ4v) is 2.66. The van der Waals surface area contributed by atoms with Crippen molar-refractivity contribution < 1.29 is 5.11 Å². The number of hydrogen-bond acceptors (Lipinski definition) is 4. The van der Waals surface area contributed by atoms with Gasteiger partial charge in [0.1, 0.15) is 0 Å². The molecular formula is C12H22N2OS. The van der Waals surface area contributed by atoms with E-state index < -0.39 is 0 Å². The number of nitrogens with zero attached hydrogens (tertiary/aromatic N) is 2. The highest BCUT2D eigenvalue weighted by molar-refractivity contribution is 7.15. The SMILES string of the molecule is CCCN(C)c1nc(C(C)CC)c(CO)s1. The van der Waals surface area contributed by atoms with Crippen LogP contribution in [-0.4, -0.2) is 23.7 Å². The summed E-state index contributed by atoms with van der Waals surface area (Å²) in [6.45, 7) is 7.60. The third-order valence-corrected chi connectivity index (χ3v) is 3.99. The number of aromatic nitrogens is 1. The lowest BCUT2D eigenvalue weighted by atomic mass is 10.0. The Kier molecular flexibility index (Phi) is 5.22. The van der Waals surface area contributed by atoms with Crippen molar-refractivity contribution in [3.05, 3.63) is 10.6 Å².